The standard InChI is InChI=1S/C24H30N2O6/c1-29-21-8-7-18(14-22(21)30-2)20(15-23(27)31-3)25-24(28)19-6-4-5-17(13-19)16-26-9-11-32-12-10-26/h4-8,13-14,20H,9-12,15-16H2,1-3H3,(H,25,28). The summed E-state index contributed by atoms with van der Waals surface area (Å²) in [7, 11) is 4.41. The minimum Gasteiger partial charge on any atom is -0.493 e. The number of hydrogen-bond donors (Lipinski definition) is 1. The van der Waals surface area contributed by atoms with Gasteiger partial charge >= 0.3 is 5.97 Å². The molecule has 0 radical (unpaired) electrons. The fourth-order valence-corrected chi connectivity index (χ4v) is 3.64. The normalized spacial score (nSPS) is 15.0. The predicted octanol–water partition coefficient (Wildman–Crippen LogP) is 2.57. The number of amides is 1. The van der Waals surface area contributed by atoms with Crippen LogP contribution in [-0.2, 0) is 20.8 Å². The molecule has 1 amide bonds. The average molecular weight is 443 g/mol. The topological polar surface area (TPSA) is 86.3 Å². The van der Waals surface area contributed by atoms with Gasteiger partial charge in [0.2, 0.25) is 0 Å². The van der Waals surface area contributed by atoms with E-state index in [1.165, 1.54) is 14.2 Å². The number of ether oxygens (including phenoxy) is 4. The smallest absolute Gasteiger partial charge is 0.307 e. The third-order valence-electron chi connectivity index (χ3n) is 5.41. The first-order valence-electron chi connectivity index (χ1n) is 10.5. The summed E-state index contributed by atoms with van der Waals surface area (Å²) < 4.78 is 20.9. The van der Waals surface area contributed by atoms with Crippen LogP contribution in [0.4, 0.5) is 0 Å². The van der Waals surface area contributed by atoms with Crippen LogP contribution in [0.5, 0.6) is 11.5 Å². The summed E-state index contributed by atoms with van der Waals surface area (Å²) in [6, 6.07) is 12.2. The molecule has 0 saturated carbocycles. The highest BCUT2D eigenvalue weighted by Gasteiger charge is 2.22. The Hall–Kier alpha value is -3.10. The van der Waals surface area contributed by atoms with Crippen molar-refractivity contribution in [2.24, 2.45) is 0 Å². The maximum Gasteiger partial charge on any atom is 0.307 e. The van der Waals surface area contributed by atoms with Gasteiger partial charge in [-0.2, -0.15) is 0 Å². The molecule has 0 aliphatic carbocycles. The van der Waals surface area contributed by atoms with Crippen molar-refractivity contribution in [2.75, 3.05) is 47.6 Å². The first-order valence-corrected chi connectivity index (χ1v) is 10.5. The molecular weight excluding hydrogens is 412 g/mol. The summed E-state index contributed by atoms with van der Waals surface area (Å²) in [6.07, 6.45) is -0.00874. The Bertz CT molecular complexity index is 926. The van der Waals surface area contributed by atoms with Gasteiger partial charge in [0, 0.05) is 25.2 Å². The van der Waals surface area contributed by atoms with Crippen molar-refractivity contribution < 1.29 is 28.5 Å². The van der Waals surface area contributed by atoms with Crippen LogP contribution >= 0.6 is 0 Å². The number of benzene rings is 2. The van der Waals surface area contributed by atoms with Crippen molar-refractivity contribution in [3.63, 3.8) is 0 Å². The number of nitrogens with one attached hydrogen (secondary N) is 1. The van der Waals surface area contributed by atoms with Gasteiger partial charge in [-0.1, -0.05) is 18.2 Å². The van der Waals surface area contributed by atoms with E-state index in [0.29, 0.717) is 22.6 Å². The quantitative estimate of drug-likeness (QED) is 0.598. The molecule has 1 aliphatic heterocycles. The second kappa shape index (κ2) is 11.5. The van der Waals surface area contributed by atoms with E-state index >= 15 is 0 Å². The number of rotatable bonds is 9. The Balaban J connectivity index is 1.78. The van der Waals surface area contributed by atoms with Crippen molar-refractivity contribution in [3.8, 4) is 11.5 Å². The lowest BCUT2D eigenvalue weighted by Crippen LogP contribution is -2.35. The zero-order valence-electron chi connectivity index (χ0n) is 18.8. The highest BCUT2D eigenvalue weighted by atomic mass is 16.5. The van der Waals surface area contributed by atoms with Crippen molar-refractivity contribution >= 4 is 11.9 Å². The Morgan fingerprint density at radius 3 is 2.47 bits per heavy atom. The van der Waals surface area contributed by atoms with Crippen LogP contribution in [0.25, 0.3) is 0 Å². The zero-order valence-corrected chi connectivity index (χ0v) is 18.8. The van der Waals surface area contributed by atoms with Gasteiger partial charge in [0.15, 0.2) is 11.5 Å². The van der Waals surface area contributed by atoms with E-state index in [1.807, 2.05) is 18.2 Å². The van der Waals surface area contributed by atoms with Gasteiger partial charge in [-0.15, -0.1) is 0 Å². The lowest BCUT2D eigenvalue weighted by Gasteiger charge is -2.26. The molecule has 0 aromatic heterocycles. The van der Waals surface area contributed by atoms with Gasteiger partial charge in [-0.05, 0) is 35.4 Å². The maximum atomic E-state index is 13.1. The molecule has 1 atom stereocenters. The van der Waals surface area contributed by atoms with Crippen LogP contribution in [0.2, 0.25) is 0 Å². The number of carbonyl (C=O) groups is 2. The monoisotopic (exact) mass is 442 g/mol. The van der Waals surface area contributed by atoms with E-state index in [-0.39, 0.29) is 12.3 Å². The van der Waals surface area contributed by atoms with E-state index in [0.717, 1.165) is 38.4 Å². The molecule has 2 aromatic rings. The van der Waals surface area contributed by atoms with E-state index in [9.17, 15) is 9.59 Å². The Morgan fingerprint density at radius 2 is 1.78 bits per heavy atom. The Morgan fingerprint density at radius 1 is 1.03 bits per heavy atom. The van der Waals surface area contributed by atoms with Gasteiger partial charge in [0.25, 0.3) is 5.91 Å². The maximum absolute atomic E-state index is 13.1. The van der Waals surface area contributed by atoms with E-state index in [4.69, 9.17) is 18.9 Å². The zero-order chi connectivity index (χ0) is 22.9. The summed E-state index contributed by atoms with van der Waals surface area (Å²) in [5, 5.41) is 2.96. The minimum atomic E-state index is -0.586. The number of esters is 1. The van der Waals surface area contributed by atoms with Gasteiger partial charge in [-0.3, -0.25) is 14.5 Å². The molecule has 32 heavy (non-hydrogen) atoms. The highest BCUT2D eigenvalue weighted by Crippen LogP contribution is 2.31. The van der Waals surface area contributed by atoms with Crippen molar-refractivity contribution in [1.82, 2.24) is 10.2 Å². The highest BCUT2D eigenvalue weighted by molar-refractivity contribution is 5.95. The lowest BCUT2D eigenvalue weighted by atomic mass is 10.0. The first kappa shape index (κ1) is 23.6. The molecule has 8 heteroatoms. The molecule has 1 N–H and O–H groups in total. The molecular formula is C24H30N2O6. The van der Waals surface area contributed by atoms with E-state index < -0.39 is 12.0 Å². The first-order chi connectivity index (χ1) is 15.5. The van der Waals surface area contributed by atoms with Crippen LogP contribution in [0.1, 0.15) is 33.9 Å². The SMILES string of the molecule is COC(=O)CC(NC(=O)c1cccc(CN2CCOCC2)c1)c1ccc(OC)c(OC)c1. The summed E-state index contributed by atoms with van der Waals surface area (Å²) in [5.74, 6) is 0.389. The summed E-state index contributed by atoms with van der Waals surface area (Å²) >= 11 is 0. The van der Waals surface area contributed by atoms with Gasteiger partial charge in [0.05, 0.1) is 47.0 Å². The number of hydrogen-bond acceptors (Lipinski definition) is 7. The second-order valence-electron chi connectivity index (χ2n) is 7.51. The fraction of sp³-hybridized carbons (Fsp3) is 0.417. The molecule has 2 aromatic carbocycles. The molecule has 1 heterocycles. The largest absolute Gasteiger partial charge is 0.493 e. The molecule has 3 rings (SSSR count). The predicted molar refractivity (Wildman–Crippen MR) is 119 cm³/mol. The van der Waals surface area contributed by atoms with Crippen LogP contribution in [0.3, 0.4) is 0 Å². The molecule has 172 valence electrons. The lowest BCUT2D eigenvalue weighted by molar-refractivity contribution is -0.141. The van der Waals surface area contributed by atoms with E-state index in [1.54, 1.807) is 31.4 Å². The number of morpholine rings is 1. The fourth-order valence-electron chi connectivity index (χ4n) is 3.64. The van der Waals surface area contributed by atoms with Gasteiger partial charge in [0.1, 0.15) is 0 Å². The van der Waals surface area contributed by atoms with E-state index in [2.05, 4.69) is 10.2 Å². The van der Waals surface area contributed by atoms with Crippen LogP contribution < -0.4 is 14.8 Å². The molecule has 1 aliphatic rings. The Kier molecular flexibility index (Phi) is 8.47. The molecule has 1 unspecified atom stereocenters. The molecule has 8 nitrogen and oxygen atoms in total. The van der Waals surface area contributed by atoms with Gasteiger partial charge in [-0.25, -0.2) is 0 Å². The Labute approximate surface area is 188 Å². The van der Waals surface area contributed by atoms with Crippen molar-refractivity contribution in [1.29, 1.82) is 0 Å². The minimum absolute atomic E-state index is 0.00874. The molecule has 1 saturated heterocycles. The summed E-state index contributed by atoms with van der Waals surface area (Å²) in [4.78, 5) is 27.4. The molecule has 1 fully saturated rings. The summed E-state index contributed by atoms with van der Waals surface area (Å²) in [5.41, 5.74) is 2.30. The third-order valence-corrected chi connectivity index (χ3v) is 5.41. The number of nitrogens with zero attached hydrogens (tertiary/aromatic N) is 1. The van der Waals surface area contributed by atoms with Gasteiger partial charge < -0.3 is 24.3 Å². The van der Waals surface area contributed by atoms with Crippen molar-refractivity contribution in [2.45, 2.75) is 19.0 Å². The number of carbonyl (C=O) groups excluding carboxylic acids is 2. The molecule has 0 bridgehead atoms. The van der Waals surface area contributed by atoms with Crippen LogP contribution in [0.15, 0.2) is 42.5 Å². The molecule has 0 spiro atoms. The third kappa shape index (κ3) is 6.21. The number of methoxy groups -OCH3 is 3. The van der Waals surface area contributed by atoms with Crippen LogP contribution in [0, 0.1) is 0 Å². The van der Waals surface area contributed by atoms with Crippen LogP contribution in [-0.4, -0.2) is 64.4 Å². The average Bonchev–Trinajstić information content (AvgIpc) is 2.83. The summed E-state index contributed by atoms with van der Waals surface area (Å²) in [6.45, 7) is 3.95. The second-order valence-corrected chi connectivity index (χ2v) is 7.51. The van der Waals surface area contributed by atoms with Crippen molar-refractivity contribution in [3.05, 3.63) is 59.2 Å².